The lowest BCUT2D eigenvalue weighted by Crippen LogP contribution is -2.55. The van der Waals surface area contributed by atoms with Gasteiger partial charge in [-0.25, -0.2) is 4.68 Å². The monoisotopic (exact) mass is 499 g/mol. The van der Waals surface area contributed by atoms with E-state index in [9.17, 15) is 9.90 Å². The maximum Gasteiger partial charge on any atom is 0.252 e. The second kappa shape index (κ2) is 11.9. The fourth-order valence-electron chi connectivity index (χ4n) is 5.16. The summed E-state index contributed by atoms with van der Waals surface area (Å²) in [5, 5.41) is 23.7. The molecule has 3 aromatic rings. The molecule has 0 radical (unpaired) electrons. The molecule has 0 bridgehead atoms. The summed E-state index contributed by atoms with van der Waals surface area (Å²) < 4.78 is 12.7. The van der Waals surface area contributed by atoms with Gasteiger partial charge in [-0.05, 0) is 61.0 Å². The lowest BCUT2D eigenvalue weighted by Gasteiger charge is -2.47. The normalized spacial score (nSPS) is 16.1. The van der Waals surface area contributed by atoms with Gasteiger partial charge < -0.3 is 24.5 Å². The van der Waals surface area contributed by atoms with Gasteiger partial charge in [0.05, 0.1) is 31.9 Å². The van der Waals surface area contributed by atoms with Crippen molar-refractivity contribution in [3.63, 3.8) is 0 Å². The van der Waals surface area contributed by atoms with Crippen molar-refractivity contribution in [3.05, 3.63) is 46.0 Å². The molecule has 1 fully saturated rings. The Balaban J connectivity index is 1.74. The highest BCUT2D eigenvalue weighted by molar-refractivity contribution is 5.80. The van der Waals surface area contributed by atoms with Crippen LogP contribution in [0.15, 0.2) is 29.1 Å². The van der Waals surface area contributed by atoms with E-state index in [0.717, 1.165) is 55.0 Å². The Labute approximate surface area is 211 Å². The first-order chi connectivity index (χ1) is 17.5. The van der Waals surface area contributed by atoms with E-state index in [4.69, 9.17) is 9.47 Å². The Hall–Kier alpha value is -2.86. The molecule has 0 spiro atoms. The number of fused-ring (bicyclic) bond motifs is 1. The SMILES string of the molecule is CCOc1ccc2[nH]c(=O)c(CN(CCO)C3(c4nnnn4CCOC)CCN(CC)CC3)cc2c1. The zero-order chi connectivity index (χ0) is 25.5. The summed E-state index contributed by atoms with van der Waals surface area (Å²) in [5.74, 6) is 1.51. The van der Waals surface area contributed by atoms with Gasteiger partial charge in [0, 0.05) is 49.8 Å². The van der Waals surface area contributed by atoms with Crippen LogP contribution in [0.4, 0.5) is 0 Å². The number of nitrogens with zero attached hydrogens (tertiary/aromatic N) is 6. The molecule has 1 saturated heterocycles. The molecule has 0 saturated carbocycles. The fourth-order valence-corrected chi connectivity index (χ4v) is 5.16. The van der Waals surface area contributed by atoms with Gasteiger partial charge in [-0.3, -0.25) is 9.69 Å². The molecule has 36 heavy (non-hydrogen) atoms. The van der Waals surface area contributed by atoms with E-state index < -0.39 is 5.54 Å². The third-order valence-corrected chi connectivity index (χ3v) is 7.13. The average molecular weight is 500 g/mol. The molecule has 11 nitrogen and oxygen atoms in total. The van der Waals surface area contributed by atoms with Crippen molar-refractivity contribution in [2.75, 3.05) is 53.1 Å². The first-order valence-electron chi connectivity index (χ1n) is 12.7. The van der Waals surface area contributed by atoms with Crippen LogP contribution in [0.5, 0.6) is 5.75 Å². The van der Waals surface area contributed by atoms with Crippen LogP contribution in [0.25, 0.3) is 10.9 Å². The Morgan fingerprint density at radius 2 is 2.03 bits per heavy atom. The minimum atomic E-state index is -0.528. The van der Waals surface area contributed by atoms with Crippen molar-refractivity contribution < 1.29 is 14.6 Å². The Bertz CT molecular complexity index is 1190. The zero-order valence-corrected chi connectivity index (χ0v) is 21.4. The third kappa shape index (κ3) is 5.44. The maximum absolute atomic E-state index is 13.1. The van der Waals surface area contributed by atoms with Crippen molar-refractivity contribution in [3.8, 4) is 5.75 Å². The molecule has 0 amide bonds. The van der Waals surface area contributed by atoms with Crippen LogP contribution in [0, 0.1) is 0 Å². The number of aromatic amines is 1. The van der Waals surface area contributed by atoms with Gasteiger partial charge in [0.25, 0.3) is 5.56 Å². The Morgan fingerprint density at radius 1 is 1.22 bits per heavy atom. The number of nitrogens with one attached hydrogen (secondary N) is 1. The lowest BCUT2D eigenvalue weighted by molar-refractivity contribution is -0.00806. The molecular formula is C25H37N7O4. The van der Waals surface area contributed by atoms with Gasteiger partial charge in [0.2, 0.25) is 0 Å². The van der Waals surface area contributed by atoms with Gasteiger partial charge in [-0.1, -0.05) is 6.92 Å². The van der Waals surface area contributed by atoms with E-state index in [-0.39, 0.29) is 12.2 Å². The average Bonchev–Trinajstić information content (AvgIpc) is 3.37. The zero-order valence-electron chi connectivity index (χ0n) is 21.4. The predicted octanol–water partition coefficient (Wildman–Crippen LogP) is 1.37. The minimum absolute atomic E-state index is 0.0428. The maximum atomic E-state index is 13.1. The predicted molar refractivity (Wildman–Crippen MR) is 136 cm³/mol. The smallest absolute Gasteiger partial charge is 0.252 e. The first kappa shape index (κ1) is 26.2. The summed E-state index contributed by atoms with van der Waals surface area (Å²) in [5.41, 5.74) is 0.711. The van der Waals surface area contributed by atoms with E-state index in [1.807, 2.05) is 31.2 Å². The standard InChI is InChI=1S/C25H37N7O4/c1-4-30-10-8-25(9-11-30,24-27-28-29-32(24)13-15-35-3)31(12-14-33)18-20-16-19-17-21(36-5-2)6-7-22(19)26-23(20)34/h6-7,16-17,33H,4-5,8-15,18H2,1-3H3,(H,26,34). The van der Waals surface area contributed by atoms with Gasteiger partial charge in [0.1, 0.15) is 5.75 Å². The molecule has 1 aliphatic rings. The number of H-pyrrole nitrogens is 1. The molecule has 1 aromatic carbocycles. The fraction of sp³-hybridized carbons (Fsp3) is 0.600. The third-order valence-electron chi connectivity index (χ3n) is 7.13. The van der Waals surface area contributed by atoms with E-state index in [1.165, 1.54) is 0 Å². The molecule has 11 heteroatoms. The van der Waals surface area contributed by atoms with Crippen LogP contribution in [-0.4, -0.2) is 93.2 Å². The van der Waals surface area contributed by atoms with Crippen molar-refractivity contribution in [1.82, 2.24) is 35.0 Å². The summed E-state index contributed by atoms with van der Waals surface area (Å²) in [6, 6.07) is 7.58. The molecule has 1 aliphatic heterocycles. The summed E-state index contributed by atoms with van der Waals surface area (Å²) in [6.45, 7) is 9.11. The van der Waals surface area contributed by atoms with Crippen molar-refractivity contribution in [1.29, 1.82) is 0 Å². The van der Waals surface area contributed by atoms with Crippen LogP contribution >= 0.6 is 0 Å². The second-order valence-corrected chi connectivity index (χ2v) is 9.14. The number of likely N-dealkylation sites (tertiary alicyclic amines) is 1. The Kier molecular flexibility index (Phi) is 8.68. The van der Waals surface area contributed by atoms with E-state index in [1.54, 1.807) is 11.8 Å². The van der Waals surface area contributed by atoms with Crippen molar-refractivity contribution >= 4 is 10.9 Å². The first-order valence-corrected chi connectivity index (χ1v) is 12.7. The van der Waals surface area contributed by atoms with E-state index in [0.29, 0.717) is 38.4 Å². The number of piperidine rings is 1. The lowest BCUT2D eigenvalue weighted by atomic mass is 9.84. The molecule has 0 atom stereocenters. The van der Waals surface area contributed by atoms with Crippen molar-refractivity contribution in [2.24, 2.45) is 0 Å². The van der Waals surface area contributed by atoms with E-state index in [2.05, 4.69) is 37.2 Å². The molecule has 2 aromatic heterocycles. The van der Waals surface area contributed by atoms with Crippen LogP contribution < -0.4 is 10.3 Å². The number of ether oxygens (including phenoxy) is 2. The molecule has 3 heterocycles. The molecular weight excluding hydrogens is 462 g/mol. The topological polar surface area (TPSA) is 122 Å². The highest BCUT2D eigenvalue weighted by Gasteiger charge is 2.45. The summed E-state index contributed by atoms with van der Waals surface area (Å²) >= 11 is 0. The number of hydrogen-bond acceptors (Lipinski definition) is 9. The van der Waals surface area contributed by atoms with Gasteiger partial charge >= 0.3 is 0 Å². The molecule has 196 valence electrons. The molecule has 2 N–H and O–H groups in total. The van der Waals surface area contributed by atoms with Crippen LogP contribution in [-0.2, 0) is 23.4 Å². The molecule has 0 unspecified atom stereocenters. The number of rotatable bonds is 12. The minimum Gasteiger partial charge on any atom is -0.494 e. The summed E-state index contributed by atoms with van der Waals surface area (Å²) in [6.07, 6.45) is 1.57. The second-order valence-electron chi connectivity index (χ2n) is 9.14. The van der Waals surface area contributed by atoms with Crippen LogP contribution in [0.2, 0.25) is 0 Å². The van der Waals surface area contributed by atoms with Gasteiger partial charge in [-0.2, -0.15) is 0 Å². The number of benzene rings is 1. The van der Waals surface area contributed by atoms with Gasteiger partial charge in [0.15, 0.2) is 5.82 Å². The largest absolute Gasteiger partial charge is 0.494 e. The quantitative estimate of drug-likeness (QED) is 0.380. The summed E-state index contributed by atoms with van der Waals surface area (Å²) in [4.78, 5) is 20.7. The number of methoxy groups -OCH3 is 1. The van der Waals surface area contributed by atoms with Gasteiger partial charge in [-0.15, -0.1) is 5.10 Å². The van der Waals surface area contributed by atoms with Crippen LogP contribution in [0.3, 0.4) is 0 Å². The number of hydrogen-bond donors (Lipinski definition) is 2. The van der Waals surface area contributed by atoms with Crippen molar-refractivity contribution in [2.45, 2.75) is 45.3 Å². The molecule has 4 rings (SSSR count). The number of pyridine rings is 1. The van der Waals surface area contributed by atoms with Crippen LogP contribution in [0.1, 0.15) is 38.1 Å². The highest BCUT2D eigenvalue weighted by Crippen LogP contribution is 2.38. The number of aliphatic hydroxyl groups is 1. The highest BCUT2D eigenvalue weighted by atomic mass is 16.5. The molecule has 0 aliphatic carbocycles. The van der Waals surface area contributed by atoms with E-state index >= 15 is 0 Å². The number of aliphatic hydroxyl groups excluding tert-OH is 1. The summed E-state index contributed by atoms with van der Waals surface area (Å²) in [7, 11) is 1.65. The number of tetrazole rings is 1. The number of aromatic nitrogens is 5. The Morgan fingerprint density at radius 3 is 2.72 bits per heavy atom.